The first-order valence-corrected chi connectivity index (χ1v) is 15.1. The number of aromatic nitrogens is 4. The molecule has 0 radical (unpaired) electrons. The monoisotopic (exact) mass is 596 g/mol. The lowest BCUT2D eigenvalue weighted by atomic mass is 10.2. The maximum atomic E-state index is 14.0. The van der Waals surface area contributed by atoms with Crippen LogP contribution in [-0.4, -0.2) is 97.4 Å². The van der Waals surface area contributed by atoms with Gasteiger partial charge in [0.25, 0.3) is 0 Å². The van der Waals surface area contributed by atoms with Gasteiger partial charge < -0.3 is 14.4 Å². The van der Waals surface area contributed by atoms with E-state index in [4.69, 9.17) is 9.47 Å². The lowest BCUT2D eigenvalue weighted by Gasteiger charge is -2.33. The highest BCUT2D eigenvalue weighted by atomic mass is 32.2. The van der Waals surface area contributed by atoms with Crippen LogP contribution < -0.4 is 14.4 Å². The third kappa shape index (κ3) is 6.98. The van der Waals surface area contributed by atoms with Gasteiger partial charge in [-0.15, -0.1) is 0 Å². The molecule has 2 saturated heterocycles. The fourth-order valence-electron chi connectivity index (χ4n) is 4.38. The van der Waals surface area contributed by atoms with E-state index in [9.17, 15) is 17.2 Å². The Balaban J connectivity index is 1.17. The van der Waals surface area contributed by atoms with Crippen molar-refractivity contribution in [3.63, 3.8) is 0 Å². The minimum absolute atomic E-state index is 0.0181. The number of nitrogens with one attached hydrogen (secondary N) is 2. The van der Waals surface area contributed by atoms with E-state index >= 15 is 0 Å². The van der Waals surface area contributed by atoms with Gasteiger partial charge >= 0.3 is 10.2 Å². The number of aromatic amines is 1. The minimum Gasteiger partial charge on any atom is -0.481 e. The van der Waals surface area contributed by atoms with Crippen LogP contribution in [0.1, 0.15) is 11.3 Å². The number of hydrogen-bond acceptors (Lipinski definition) is 10. The summed E-state index contributed by atoms with van der Waals surface area (Å²) >= 11 is 1.03. The van der Waals surface area contributed by atoms with Gasteiger partial charge in [-0.3, -0.25) is 14.7 Å². The molecule has 0 unspecified atom stereocenters. The van der Waals surface area contributed by atoms with E-state index in [1.165, 1.54) is 29.6 Å². The number of halogens is 2. The number of H-pyrrole nitrogens is 1. The first-order valence-electron chi connectivity index (χ1n) is 12.7. The van der Waals surface area contributed by atoms with Gasteiger partial charge in [0.05, 0.1) is 26.0 Å². The number of hydrogen-bond donors (Lipinski definition) is 2. The molecule has 2 aliphatic rings. The number of ether oxygens (including phenoxy) is 2. The van der Waals surface area contributed by atoms with Crippen molar-refractivity contribution >= 4 is 33.6 Å². The van der Waals surface area contributed by atoms with Crippen LogP contribution in [0.2, 0.25) is 0 Å². The molecule has 216 valence electrons. The summed E-state index contributed by atoms with van der Waals surface area (Å²) in [6, 6.07) is 7.31. The largest absolute Gasteiger partial charge is 0.481 e. The van der Waals surface area contributed by atoms with E-state index in [-0.39, 0.29) is 28.2 Å². The fourth-order valence-corrected chi connectivity index (χ4v) is 6.34. The van der Waals surface area contributed by atoms with Crippen LogP contribution in [0.25, 0.3) is 0 Å². The van der Waals surface area contributed by atoms with Gasteiger partial charge in [-0.2, -0.15) is 22.8 Å². The van der Waals surface area contributed by atoms with Gasteiger partial charge in [0.1, 0.15) is 5.82 Å². The maximum absolute atomic E-state index is 14.0. The maximum Gasteiger partial charge on any atom is 0.302 e. The Hall–Kier alpha value is -3.05. The Kier molecular flexibility index (Phi) is 9.00. The second-order valence-corrected chi connectivity index (χ2v) is 11.8. The molecule has 0 saturated carbocycles. The standard InChI is InChI=1S/C24H30F2N8O4S2/c1-37-22-14-20(27-24(28-22)39-16-17-3-2-4-19(25)23(17)26)31-40(35,36)34-7-5-32(6-8-34)15-18-13-21(30-29-18)33-9-11-38-12-10-33/h2-4,13-14H,5-12,15-16H2,1H3,(H,29,30)(H,27,28,31). The highest BCUT2D eigenvalue weighted by Crippen LogP contribution is 2.26. The highest BCUT2D eigenvalue weighted by Gasteiger charge is 2.28. The third-order valence-corrected chi connectivity index (χ3v) is 8.94. The van der Waals surface area contributed by atoms with Gasteiger partial charge in [-0.05, 0) is 6.07 Å². The minimum atomic E-state index is -3.91. The summed E-state index contributed by atoms with van der Waals surface area (Å²) in [5.41, 5.74) is 1.11. The molecule has 2 fully saturated rings. The molecule has 0 amide bonds. The SMILES string of the molecule is COc1cc(NS(=O)(=O)N2CCN(Cc3cc(N4CCOCC4)n[nH]3)CC2)nc(SCc2cccc(F)c2F)n1. The fraction of sp³-hybridized carbons (Fsp3) is 0.458. The van der Waals surface area contributed by atoms with Crippen LogP contribution in [0.3, 0.4) is 0 Å². The van der Waals surface area contributed by atoms with Crippen LogP contribution in [0.4, 0.5) is 20.4 Å². The summed E-state index contributed by atoms with van der Waals surface area (Å²) in [7, 11) is -2.52. The van der Waals surface area contributed by atoms with Crippen LogP contribution in [0.15, 0.2) is 35.5 Å². The van der Waals surface area contributed by atoms with Crippen molar-refractivity contribution in [1.82, 2.24) is 29.4 Å². The Bertz CT molecular complexity index is 1410. The van der Waals surface area contributed by atoms with E-state index in [0.29, 0.717) is 45.9 Å². The van der Waals surface area contributed by atoms with E-state index in [1.54, 1.807) is 0 Å². The van der Waals surface area contributed by atoms with E-state index < -0.39 is 21.8 Å². The summed E-state index contributed by atoms with van der Waals surface area (Å²) in [6.07, 6.45) is 0. The summed E-state index contributed by atoms with van der Waals surface area (Å²) in [5.74, 6) is -0.790. The van der Waals surface area contributed by atoms with Crippen molar-refractivity contribution in [1.29, 1.82) is 0 Å². The van der Waals surface area contributed by atoms with Crippen molar-refractivity contribution in [3.8, 4) is 5.88 Å². The number of anilines is 2. The van der Waals surface area contributed by atoms with Crippen LogP contribution in [0.5, 0.6) is 5.88 Å². The first kappa shape index (κ1) is 28.5. The molecule has 0 bridgehead atoms. The Labute approximate surface area is 235 Å². The van der Waals surface area contributed by atoms with Crippen molar-refractivity contribution < 1.29 is 26.7 Å². The van der Waals surface area contributed by atoms with Gasteiger partial charge in [0, 0.05) is 69.3 Å². The second kappa shape index (κ2) is 12.6. The Morgan fingerprint density at radius 1 is 1.10 bits per heavy atom. The molecule has 0 atom stereocenters. The van der Waals surface area contributed by atoms with E-state index in [0.717, 1.165) is 42.4 Å². The molecule has 2 N–H and O–H groups in total. The Morgan fingerprint density at radius 3 is 2.62 bits per heavy atom. The average molecular weight is 597 g/mol. The summed E-state index contributed by atoms with van der Waals surface area (Å²) in [6.45, 7) is 5.28. The lowest BCUT2D eigenvalue weighted by Crippen LogP contribution is -2.49. The predicted molar refractivity (Wildman–Crippen MR) is 146 cm³/mol. The third-order valence-electron chi connectivity index (χ3n) is 6.53. The molecule has 2 aliphatic heterocycles. The molecule has 5 rings (SSSR count). The number of nitrogens with zero attached hydrogens (tertiary/aromatic N) is 6. The first-order chi connectivity index (χ1) is 19.3. The Morgan fingerprint density at radius 2 is 1.88 bits per heavy atom. The zero-order valence-corrected chi connectivity index (χ0v) is 23.5. The van der Waals surface area contributed by atoms with E-state index in [1.807, 2.05) is 6.07 Å². The average Bonchev–Trinajstić information content (AvgIpc) is 3.43. The summed E-state index contributed by atoms with van der Waals surface area (Å²) in [4.78, 5) is 12.8. The van der Waals surface area contributed by atoms with Crippen LogP contribution in [0, 0.1) is 11.6 Å². The molecule has 40 heavy (non-hydrogen) atoms. The van der Waals surface area contributed by atoms with Gasteiger partial charge in [0.15, 0.2) is 22.6 Å². The molecule has 2 aromatic heterocycles. The molecular weight excluding hydrogens is 566 g/mol. The number of methoxy groups -OCH3 is 1. The number of rotatable bonds is 10. The van der Waals surface area contributed by atoms with Crippen molar-refractivity contribution in [2.75, 3.05) is 69.2 Å². The zero-order valence-electron chi connectivity index (χ0n) is 21.8. The summed E-state index contributed by atoms with van der Waals surface area (Å²) < 4.78 is 68.3. The van der Waals surface area contributed by atoms with Crippen molar-refractivity contribution in [2.24, 2.45) is 0 Å². The molecule has 1 aromatic carbocycles. The van der Waals surface area contributed by atoms with Gasteiger partial charge in [-0.1, -0.05) is 23.9 Å². The topological polar surface area (TPSA) is 129 Å². The van der Waals surface area contributed by atoms with Gasteiger partial charge in [0.2, 0.25) is 5.88 Å². The molecule has 12 nitrogen and oxygen atoms in total. The highest BCUT2D eigenvalue weighted by molar-refractivity contribution is 7.98. The van der Waals surface area contributed by atoms with E-state index in [2.05, 4.69) is 34.7 Å². The summed E-state index contributed by atoms with van der Waals surface area (Å²) in [5, 5.41) is 7.64. The smallest absolute Gasteiger partial charge is 0.302 e. The van der Waals surface area contributed by atoms with Crippen LogP contribution >= 0.6 is 11.8 Å². The molecule has 16 heteroatoms. The number of thioether (sulfide) groups is 1. The molecule has 0 spiro atoms. The van der Waals surface area contributed by atoms with Crippen LogP contribution in [-0.2, 0) is 27.2 Å². The lowest BCUT2D eigenvalue weighted by molar-refractivity contribution is 0.122. The predicted octanol–water partition coefficient (Wildman–Crippen LogP) is 2.09. The molecule has 4 heterocycles. The number of benzene rings is 1. The number of piperazine rings is 1. The molecule has 3 aromatic rings. The zero-order chi connectivity index (χ0) is 28.1. The number of morpholine rings is 1. The van der Waals surface area contributed by atoms with Gasteiger partial charge in [-0.25, -0.2) is 13.8 Å². The second-order valence-electron chi connectivity index (χ2n) is 9.21. The quantitative estimate of drug-likeness (QED) is 0.265. The normalized spacial score (nSPS) is 17.2. The molecular formula is C24H30F2N8O4S2. The van der Waals surface area contributed by atoms with Crippen molar-refractivity contribution in [2.45, 2.75) is 17.5 Å². The molecule has 0 aliphatic carbocycles. The van der Waals surface area contributed by atoms with Crippen molar-refractivity contribution in [3.05, 3.63) is 53.2 Å².